The van der Waals surface area contributed by atoms with E-state index in [1.165, 1.54) is 5.56 Å². The molecule has 0 amide bonds. The first-order chi connectivity index (χ1) is 8.01. The maximum atomic E-state index is 10.7. The molecule has 0 saturated heterocycles. The quantitative estimate of drug-likeness (QED) is 0.810. The highest BCUT2D eigenvalue weighted by molar-refractivity contribution is 5.29. The summed E-state index contributed by atoms with van der Waals surface area (Å²) in [6.07, 6.45) is 4.11. The number of hydrogen-bond donors (Lipinski definition) is 1. The van der Waals surface area contributed by atoms with E-state index in [2.05, 4.69) is 45.0 Å². The van der Waals surface area contributed by atoms with Gasteiger partial charge in [0, 0.05) is 0 Å². The van der Waals surface area contributed by atoms with Crippen LogP contribution in [0.3, 0.4) is 0 Å². The largest absolute Gasteiger partial charge is 0.385 e. The number of hydrogen-bond acceptors (Lipinski definition) is 1. The first-order valence-corrected chi connectivity index (χ1v) is 6.84. The monoisotopic (exact) mass is 232 g/mol. The minimum atomic E-state index is -0.567. The molecule has 0 bridgehead atoms. The topological polar surface area (TPSA) is 20.2 Å². The molecule has 1 fully saturated rings. The van der Waals surface area contributed by atoms with Gasteiger partial charge in [-0.05, 0) is 48.6 Å². The van der Waals surface area contributed by atoms with E-state index in [9.17, 15) is 5.11 Å². The molecule has 0 atom stereocenters. The van der Waals surface area contributed by atoms with E-state index in [4.69, 9.17) is 0 Å². The Morgan fingerprint density at radius 1 is 1.12 bits per heavy atom. The second-order valence-corrected chi connectivity index (χ2v) is 5.99. The molecular formula is C16H24O. The Balaban J connectivity index is 2.16. The number of benzene rings is 1. The highest BCUT2D eigenvalue weighted by Crippen LogP contribution is 2.39. The van der Waals surface area contributed by atoms with Crippen molar-refractivity contribution < 1.29 is 5.11 Å². The maximum Gasteiger partial charge on any atom is 0.0896 e. The summed E-state index contributed by atoms with van der Waals surface area (Å²) < 4.78 is 0. The molecule has 2 rings (SSSR count). The Morgan fingerprint density at radius 3 is 2.12 bits per heavy atom. The molecule has 1 aromatic rings. The van der Waals surface area contributed by atoms with E-state index in [0.717, 1.165) is 37.2 Å². The minimum Gasteiger partial charge on any atom is -0.385 e. The highest BCUT2D eigenvalue weighted by atomic mass is 16.3. The summed E-state index contributed by atoms with van der Waals surface area (Å²) in [4.78, 5) is 0. The average molecular weight is 232 g/mol. The van der Waals surface area contributed by atoms with Crippen LogP contribution in [0.2, 0.25) is 0 Å². The van der Waals surface area contributed by atoms with Crippen LogP contribution >= 0.6 is 0 Å². The van der Waals surface area contributed by atoms with Crippen molar-refractivity contribution in [2.24, 2.45) is 5.92 Å². The fraction of sp³-hybridized carbons (Fsp3) is 0.625. The second-order valence-electron chi connectivity index (χ2n) is 5.99. The molecule has 94 valence electrons. The molecule has 1 saturated carbocycles. The summed E-state index contributed by atoms with van der Waals surface area (Å²) in [6, 6.07) is 8.56. The summed E-state index contributed by atoms with van der Waals surface area (Å²) >= 11 is 0. The Bertz CT molecular complexity index is 356. The van der Waals surface area contributed by atoms with Crippen molar-refractivity contribution in [1.29, 1.82) is 0 Å². The van der Waals surface area contributed by atoms with E-state index >= 15 is 0 Å². The molecule has 1 heteroatoms. The van der Waals surface area contributed by atoms with Crippen LogP contribution in [0.15, 0.2) is 24.3 Å². The fourth-order valence-corrected chi connectivity index (χ4v) is 2.71. The van der Waals surface area contributed by atoms with Gasteiger partial charge in [-0.15, -0.1) is 0 Å². The molecular weight excluding hydrogens is 208 g/mol. The van der Waals surface area contributed by atoms with Crippen molar-refractivity contribution in [3.63, 3.8) is 0 Å². The van der Waals surface area contributed by atoms with Crippen molar-refractivity contribution in [2.45, 2.75) is 58.0 Å². The molecule has 0 spiro atoms. The van der Waals surface area contributed by atoms with Crippen molar-refractivity contribution >= 4 is 0 Å². The molecule has 1 N–H and O–H groups in total. The molecule has 0 aliphatic heterocycles. The molecule has 0 aromatic heterocycles. The molecule has 1 aromatic carbocycles. The van der Waals surface area contributed by atoms with Gasteiger partial charge >= 0.3 is 0 Å². The lowest BCUT2D eigenvalue weighted by Gasteiger charge is -2.35. The SMILES string of the molecule is CC1CCC(O)(c2ccc(C(C)C)cc2)CC1. The highest BCUT2D eigenvalue weighted by Gasteiger charge is 2.33. The summed E-state index contributed by atoms with van der Waals surface area (Å²) in [5, 5.41) is 10.7. The molecule has 1 aliphatic carbocycles. The van der Waals surface area contributed by atoms with Crippen molar-refractivity contribution in [3.8, 4) is 0 Å². The van der Waals surface area contributed by atoms with Gasteiger partial charge < -0.3 is 5.11 Å². The fourth-order valence-electron chi connectivity index (χ4n) is 2.71. The first kappa shape index (κ1) is 12.6. The Morgan fingerprint density at radius 2 is 1.65 bits per heavy atom. The maximum absolute atomic E-state index is 10.7. The van der Waals surface area contributed by atoms with Gasteiger partial charge in [0.15, 0.2) is 0 Å². The third-order valence-corrected chi connectivity index (χ3v) is 4.22. The summed E-state index contributed by atoms with van der Waals surface area (Å²) in [7, 11) is 0. The van der Waals surface area contributed by atoms with Gasteiger partial charge in [0.2, 0.25) is 0 Å². The van der Waals surface area contributed by atoms with E-state index in [1.807, 2.05) is 0 Å². The predicted molar refractivity (Wildman–Crippen MR) is 72.1 cm³/mol. The first-order valence-electron chi connectivity index (χ1n) is 6.84. The van der Waals surface area contributed by atoms with Gasteiger partial charge in [0.25, 0.3) is 0 Å². The predicted octanol–water partition coefficient (Wildman–Crippen LogP) is 4.21. The molecule has 0 unspecified atom stereocenters. The lowest BCUT2D eigenvalue weighted by atomic mass is 9.75. The summed E-state index contributed by atoms with van der Waals surface area (Å²) in [5.74, 6) is 1.33. The minimum absolute atomic E-state index is 0.560. The zero-order valence-electron chi connectivity index (χ0n) is 11.2. The zero-order valence-corrected chi connectivity index (χ0v) is 11.2. The summed E-state index contributed by atoms with van der Waals surface area (Å²) in [5.41, 5.74) is 1.89. The van der Waals surface area contributed by atoms with Crippen molar-refractivity contribution in [1.82, 2.24) is 0 Å². The van der Waals surface area contributed by atoms with Gasteiger partial charge in [-0.25, -0.2) is 0 Å². The van der Waals surface area contributed by atoms with Gasteiger partial charge in [-0.2, -0.15) is 0 Å². The van der Waals surface area contributed by atoms with Crippen LogP contribution in [0.1, 0.15) is 63.5 Å². The molecule has 1 aliphatic rings. The zero-order chi connectivity index (χ0) is 12.5. The van der Waals surface area contributed by atoms with Crippen LogP contribution in [0.4, 0.5) is 0 Å². The van der Waals surface area contributed by atoms with Crippen LogP contribution in [-0.4, -0.2) is 5.11 Å². The van der Waals surface area contributed by atoms with E-state index < -0.39 is 5.60 Å². The Kier molecular flexibility index (Phi) is 3.58. The molecule has 0 heterocycles. The Hall–Kier alpha value is -0.820. The summed E-state index contributed by atoms with van der Waals surface area (Å²) in [6.45, 7) is 6.68. The second kappa shape index (κ2) is 4.81. The van der Waals surface area contributed by atoms with E-state index in [-0.39, 0.29) is 0 Å². The normalized spacial score (nSPS) is 29.6. The van der Waals surface area contributed by atoms with Gasteiger partial charge in [-0.3, -0.25) is 0 Å². The average Bonchev–Trinajstić information content (AvgIpc) is 2.33. The van der Waals surface area contributed by atoms with Crippen molar-refractivity contribution in [3.05, 3.63) is 35.4 Å². The third kappa shape index (κ3) is 2.71. The molecule has 0 radical (unpaired) electrons. The van der Waals surface area contributed by atoms with Crippen LogP contribution in [0, 0.1) is 5.92 Å². The lowest BCUT2D eigenvalue weighted by Crippen LogP contribution is -2.30. The van der Waals surface area contributed by atoms with Gasteiger partial charge in [0.05, 0.1) is 5.60 Å². The lowest BCUT2D eigenvalue weighted by molar-refractivity contribution is -0.0120. The van der Waals surface area contributed by atoms with Crippen molar-refractivity contribution in [2.75, 3.05) is 0 Å². The van der Waals surface area contributed by atoms with Crippen LogP contribution < -0.4 is 0 Å². The number of aliphatic hydroxyl groups is 1. The van der Waals surface area contributed by atoms with Crippen LogP contribution in [0.25, 0.3) is 0 Å². The van der Waals surface area contributed by atoms with Gasteiger partial charge in [-0.1, -0.05) is 45.0 Å². The Labute approximate surface area is 105 Å². The van der Waals surface area contributed by atoms with Gasteiger partial charge in [0.1, 0.15) is 0 Å². The smallest absolute Gasteiger partial charge is 0.0896 e. The molecule has 17 heavy (non-hydrogen) atoms. The third-order valence-electron chi connectivity index (χ3n) is 4.22. The number of rotatable bonds is 2. The standard InChI is InChI=1S/C16H24O/c1-12(2)14-4-6-15(7-5-14)16(17)10-8-13(3)9-11-16/h4-7,12-13,17H,8-11H2,1-3H3. The van der Waals surface area contributed by atoms with Crippen LogP contribution in [-0.2, 0) is 5.60 Å². The van der Waals surface area contributed by atoms with Crippen LogP contribution in [0.5, 0.6) is 0 Å². The van der Waals surface area contributed by atoms with E-state index in [0.29, 0.717) is 5.92 Å². The van der Waals surface area contributed by atoms with E-state index in [1.54, 1.807) is 0 Å². The molecule has 1 nitrogen and oxygen atoms in total.